The molecule has 150 valence electrons. The minimum atomic E-state index is -3.97. The van der Waals surface area contributed by atoms with Gasteiger partial charge in [0.2, 0.25) is 5.91 Å². The first-order valence-corrected chi connectivity index (χ1v) is 10.5. The lowest BCUT2D eigenvalue weighted by atomic mass is 10.2. The fourth-order valence-corrected chi connectivity index (χ4v) is 4.29. The van der Waals surface area contributed by atoms with Gasteiger partial charge in [0, 0.05) is 6.54 Å². The SMILES string of the molecule is COc1ccccc1N(CC(=O)NCc1ccccc1)S(=O)(=O)c1ccccc1. The number of nitrogens with zero attached hydrogens (tertiary/aromatic N) is 1. The molecule has 29 heavy (non-hydrogen) atoms. The van der Waals surface area contributed by atoms with Gasteiger partial charge >= 0.3 is 0 Å². The van der Waals surface area contributed by atoms with Crippen LogP contribution in [0.5, 0.6) is 5.75 Å². The Hall–Kier alpha value is -3.32. The number of ether oxygens (including phenoxy) is 1. The summed E-state index contributed by atoms with van der Waals surface area (Å²) in [7, 11) is -2.51. The molecule has 0 aliphatic carbocycles. The number of rotatable bonds is 8. The van der Waals surface area contributed by atoms with Crippen molar-refractivity contribution in [2.24, 2.45) is 0 Å². The number of para-hydroxylation sites is 2. The number of hydrogen-bond donors (Lipinski definition) is 1. The molecule has 1 N–H and O–H groups in total. The second-order valence-corrected chi connectivity index (χ2v) is 8.12. The molecule has 1 amide bonds. The Morgan fingerprint density at radius 2 is 1.48 bits per heavy atom. The van der Waals surface area contributed by atoms with Gasteiger partial charge in [-0.05, 0) is 29.8 Å². The van der Waals surface area contributed by atoms with Gasteiger partial charge in [-0.1, -0.05) is 60.7 Å². The number of amides is 1. The van der Waals surface area contributed by atoms with Gasteiger partial charge in [0.15, 0.2) is 0 Å². The van der Waals surface area contributed by atoms with Crippen LogP contribution in [0.2, 0.25) is 0 Å². The van der Waals surface area contributed by atoms with Gasteiger partial charge in [0.1, 0.15) is 12.3 Å². The second kappa shape index (κ2) is 9.25. The van der Waals surface area contributed by atoms with Crippen LogP contribution in [0.4, 0.5) is 5.69 Å². The van der Waals surface area contributed by atoms with Crippen molar-refractivity contribution in [1.29, 1.82) is 0 Å². The van der Waals surface area contributed by atoms with Gasteiger partial charge in [-0.25, -0.2) is 8.42 Å². The molecule has 0 aliphatic rings. The van der Waals surface area contributed by atoms with Crippen LogP contribution in [0.1, 0.15) is 5.56 Å². The van der Waals surface area contributed by atoms with Crippen molar-refractivity contribution in [1.82, 2.24) is 5.32 Å². The summed E-state index contributed by atoms with van der Waals surface area (Å²) in [4.78, 5) is 12.7. The van der Waals surface area contributed by atoms with E-state index in [0.717, 1.165) is 9.87 Å². The van der Waals surface area contributed by atoms with Crippen molar-refractivity contribution in [3.63, 3.8) is 0 Å². The molecule has 0 saturated heterocycles. The largest absolute Gasteiger partial charge is 0.495 e. The highest BCUT2D eigenvalue weighted by molar-refractivity contribution is 7.92. The summed E-state index contributed by atoms with van der Waals surface area (Å²) < 4.78 is 33.0. The molecule has 0 saturated carbocycles. The molecule has 0 heterocycles. The van der Waals surface area contributed by atoms with Crippen LogP contribution in [0.15, 0.2) is 89.8 Å². The maximum absolute atomic E-state index is 13.3. The molecule has 0 spiro atoms. The molecule has 6 nitrogen and oxygen atoms in total. The Balaban J connectivity index is 1.90. The van der Waals surface area contributed by atoms with E-state index in [2.05, 4.69) is 5.32 Å². The zero-order chi connectivity index (χ0) is 20.7. The zero-order valence-corrected chi connectivity index (χ0v) is 16.8. The van der Waals surface area contributed by atoms with Crippen LogP contribution in [-0.4, -0.2) is 28.0 Å². The van der Waals surface area contributed by atoms with Gasteiger partial charge < -0.3 is 10.1 Å². The lowest BCUT2D eigenvalue weighted by molar-refractivity contribution is -0.119. The fraction of sp³-hybridized carbons (Fsp3) is 0.136. The molecule has 0 bridgehead atoms. The van der Waals surface area contributed by atoms with Crippen molar-refractivity contribution < 1.29 is 17.9 Å². The highest BCUT2D eigenvalue weighted by Gasteiger charge is 2.29. The number of carbonyl (C=O) groups excluding carboxylic acids is 1. The van der Waals surface area contributed by atoms with Crippen molar-refractivity contribution in [3.05, 3.63) is 90.5 Å². The van der Waals surface area contributed by atoms with Gasteiger partial charge in [0.25, 0.3) is 10.0 Å². The molecule has 3 aromatic carbocycles. The third-order valence-corrected chi connectivity index (χ3v) is 6.08. The molecule has 0 aliphatic heterocycles. The van der Waals surface area contributed by atoms with Crippen LogP contribution in [0, 0.1) is 0 Å². The Labute approximate surface area is 170 Å². The second-order valence-electron chi connectivity index (χ2n) is 6.26. The van der Waals surface area contributed by atoms with E-state index in [1.54, 1.807) is 42.5 Å². The summed E-state index contributed by atoms with van der Waals surface area (Å²) in [6.45, 7) is -0.0603. The van der Waals surface area contributed by atoms with Crippen LogP contribution in [-0.2, 0) is 21.4 Å². The number of sulfonamides is 1. The van der Waals surface area contributed by atoms with Crippen LogP contribution in [0.3, 0.4) is 0 Å². The van der Waals surface area contributed by atoms with E-state index in [1.807, 2.05) is 30.3 Å². The summed E-state index contributed by atoms with van der Waals surface area (Å²) in [5.41, 5.74) is 1.23. The molecule has 0 aromatic heterocycles. The topological polar surface area (TPSA) is 75.7 Å². The van der Waals surface area contributed by atoms with Gasteiger partial charge in [-0.3, -0.25) is 9.10 Å². The first-order chi connectivity index (χ1) is 14.0. The third kappa shape index (κ3) is 4.94. The van der Waals surface area contributed by atoms with E-state index in [-0.39, 0.29) is 11.4 Å². The fourth-order valence-electron chi connectivity index (χ4n) is 2.84. The number of hydrogen-bond acceptors (Lipinski definition) is 4. The standard InChI is InChI=1S/C22H22N2O4S/c1-28-21-15-9-8-14-20(21)24(29(26,27)19-12-6-3-7-13-19)17-22(25)23-16-18-10-4-2-5-11-18/h2-15H,16-17H2,1H3,(H,23,25). The number of benzene rings is 3. The maximum Gasteiger partial charge on any atom is 0.264 e. The van der Waals surface area contributed by atoms with E-state index in [1.165, 1.54) is 19.2 Å². The Morgan fingerprint density at radius 3 is 2.14 bits per heavy atom. The average Bonchev–Trinajstić information content (AvgIpc) is 2.77. The van der Waals surface area contributed by atoms with E-state index < -0.39 is 15.9 Å². The molecule has 3 rings (SSSR count). The van der Waals surface area contributed by atoms with E-state index in [9.17, 15) is 13.2 Å². The van der Waals surface area contributed by atoms with Gasteiger partial charge in [-0.2, -0.15) is 0 Å². The molecule has 0 fully saturated rings. The Bertz CT molecular complexity index is 1050. The summed E-state index contributed by atoms with van der Waals surface area (Å²) >= 11 is 0. The van der Waals surface area contributed by atoms with Crippen LogP contribution >= 0.6 is 0 Å². The van der Waals surface area contributed by atoms with Crippen LogP contribution < -0.4 is 14.4 Å². The number of anilines is 1. The first-order valence-electron chi connectivity index (χ1n) is 9.04. The van der Waals surface area contributed by atoms with Crippen molar-refractivity contribution >= 4 is 21.6 Å². The predicted molar refractivity (Wildman–Crippen MR) is 112 cm³/mol. The quantitative estimate of drug-likeness (QED) is 0.619. The van der Waals surface area contributed by atoms with E-state index in [0.29, 0.717) is 18.0 Å². The predicted octanol–water partition coefficient (Wildman–Crippen LogP) is 3.21. The highest BCUT2D eigenvalue weighted by Crippen LogP contribution is 2.31. The summed E-state index contributed by atoms with van der Waals surface area (Å²) in [5, 5.41) is 2.77. The molecule has 7 heteroatoms. The molecule has 0 unspecified atom stereocenters. The lowest BCUT2D eigenvalue weighted by Gasteiger charge is -2.25. The van der Waals surface area contributed by atoms with Gasteiger partial charge in [-0.15, -0.1) is 0 Å². The lowest BCUT2D eigenvalue weighted by Crippen LogP contribution is -2.40. The normalized spacial score (nSPS) is 10.9. The summed E-state index contributed by atoms with van der Waals surface area (Å²) in [6.07, 6.45) is 0. The third-order valence-electron chi connectivity index (χ3n) is 4.30. The molecular formula is C22H22N2O4S. The number of carbonyl (C=O) groups is 1. The maximum atomic E-state index is 13.3. The van der Waals surface area contributed by atoms with Crippen molar-refractivity contribution in [2.45, 2.75) is 11.4 Å². The number of nitrogens with one attached hydrogen (secondary N) is 1. The monoisotopic (exact) mass is 410 g/mol. The minimum absolute atomic E-state index is 0.0989. The summed E-state index contributed by atoms with van der Waals surface area (Å²) in [5.74, 6) is -0.0536. The average molecular weight is 410 g/mol. The number of methoxy groups -OCH3 is 1. The minimum Gasteiger partial charge on any atom is -0.495 e. The molecule has 0 radical (unpaired) electrons. The van der Waals surface area contributed by atoms with Gasteiger partial charge in [0.05, 0.1) is 17.7 Å². The Morgan fingerprint density at radius 1 is 0.897 bits per heavy atom. The zero-order valence-electron chi connectivity index (χ0n) is 16.0. The van der Waals surface area contributed by atoms with E-state index >= 15 is 0 Å². The first kappa shape index (κ1) is 20.4. The summed E-state index contributed by atoms with van der Waals surface area (Å²) in [6, 6.07) is 24.2. The highest BCUT2D eigenvalue weighted by atomic mass is 32.2. The van der Waals surface area contributed by atoms with E-state index in [4.69, 9.17) is 4.74 Å². The van der Waals surface area contributed by atoms with Crippen molar-refractivity contribution in [2.75, 3.05) is 18.0 Å². The van der Waals surface area contributed by atoms with Crippen molar-refractivity contribution in [3.8, 4) is 5.75 Å². The van der Waals surface area contributed by atoms with Crippen LogP contribution in [0.25, 0.3) is 0 Å². The molecule has 0 atom stereocenters. The molecule has 3 aromatic rings. The Kier molecular flexibility index (Phi) is 6.51. The smallest absolute Gasteiger partial charge is 0.264 e. The molecular weight excluding hydrogens is 388 g/mol.